The van der Waals surface area contributed by atoms with Gasteiger partial charge >= 0.3 is 0 Å². The highest BCUT2D eigenvalue weighted by Crippen LogP contribution is 2.31. The Hall–Kier alpha value is -1.47. The molecule has 0 radical (unpaired) electrons. The van der Waals surface area contributed by atoms with Crippen LogP contribution in [0.25, 0.3) is 10.2 Å². The van der Waals surface area contributed by atoms with Crippen molar-refractivity contribution in [2.45, 2.75) is 19.8 Å². The molecular formula is C19H24ClN3OS2. The number of carbonyl (C=O) groups is 1. The summed E-state index contributed by atoms with van der Waals surface area (Å²) in [5.41, 5.74) is 2.16. The number of thiazole rings is 1. The first-order valence-electron chi connectivity index (χ1n) is 8.38. The maximum atomic E-state index is 12.9. The summed E-state index contributed by atoms with van der Waals surface area (Å²) < 4.78 is 1.14. The summed E-state index contributed by atoms with van der Waals surface area (Å²) in [5, 5.41) is 2.82. The average molecular weight is 410 g/mol. The number of anilines is 1. The zero-order chi connectivity index (χ0) is 17.8. The van der Waals surface area contributed by atoms with Crippen LogP contribution in [0.3, 0.4) is 0 Å². The fraction of sp³-hybridized carbons (Fsp3) is 0.368. The van der Waals surface area contributed by atoms with Gasteiger partial charge in [0.25, 0.3) is 0 Å². The lowest BCUT2D eigenvalue weighted by atomic mass is 10.2. The summed E-state index contributed by atoms with van der Waals surface area (Å²) in [4.78, 5) is 22.8. The molecule has 2 heterocycles. The van der Waals surface area contributed by atoms with Crippen LogP contribution in [0, 0.1) is 6.92 Å². The van der Waals surface area contributed by atoms with Gasteiger partial charge < -0.3 is 4.90 Å². The second-order valence-electron chi connectivity index (χ2n) is 6.38. The van der Waals surface area contributed by atoms with Crippen molar-refractivity contribution in [1.29, 1.82) is 0 Å². The van der Waals surface area contributed by atoms with Gasteiger partial charge in [-0.3, -0.25) is 9.69 Å². The number of hydrogen-bond acceptors (Lipinski definition) is 5. The third-order valence-electron chi connectivity index (χ3n) is 4.03. The molecular weight excluding hydrogens is 386 g/mol. The Bertz CT molecular complexity index is 846. The smallest absolute Gasteiger partial charge is 0.234 e. The molecule has 0 aliphatic heterocycles. The van der Waals surface area contributed by atoms with Crippen LogP contribution in [0.5, 0.6) is 0 Å². The summed E-state index contributed by atoms with van der Waals surface area (Å²) in [6.07, 6.45) is 1.37. The molecule has 7 heteroatoms. The molecule has 1 amide bonds. The molecule has 0 N–H and O–H groups in total. The molecule has 3 rings (SSSR count). The number of para-hydroxylation sites is 1. The molecule has 0 saturated heterocycles. The summed E-state index contributed by atoms with van der Waals surface area (Å²) in [5.74, 6) is 0.123. The highest BCUT2D eigenvalue weighted by atomic mass is 35.5. The number of aromatic nitrogens is 1. The van der Waals surface area contributed by atoms with Crippen molar-refractivity contribution in [3.05, 3.63) is 46.2 Å². The van der Waals surface area contributed by atoms with Crippen LogP contribution in [0.4, 0.5) is 5.13 Å². The number of benzene rings is 1. The molecule has 140 valence electrons. The first kappa shape index (κ1) is 20.8. The quantitative estimate of drug-likeness (QED) is 0.571. The van der Waals surface area contributed by atoms with Gasteiger partial charge in [-0.05, 0) is 57.1 Å². The number of nitrogens with zero attached hydrogens (tertiary/aromatic N) is 3. The summed E-state index contributed by atoms with van der Waals surface area (Å²) in [6, 6.07) is 10.2. The maximum Gasteiger partial charge on any atom is 0.234 e. The van der Waals surface area contributed by atoms with Gasteiger partial charge in [0.15, 0.2) is 5.13 Å². The molecule has 0 aliphatic rings. The number of thiophene rings is 1. The molecule has 0 spiro atoms. The monoisotopic (exact) mass is 409 g/mol. The summed E-state index contributed by atoms with van der Waals surface area (Å²) in [7, 11) is 4.11. The Morgan fingerprint density at radius 3 is 2.62 bits per heavy atom. The summed E-state index contributed by atoms with van der Waals surface area (Å²) >= 11 is 3.23. The van der Waals surface area contributed by atoms with E-state index in [1.54, 1.807) is 22.7 Å². The minimum Gasteiger partial charge on any atom is -0.309 e. The van der Waals surface area contributed by atoms with Gasteiger partial charge in [0, 0.05) is 11.4 Å². The number of aryl methyl sites for hydroxylation is 1. The van der Waals surface area contributed by atoms with E-state index in [0.29, 0.717) is 13.0 Å². The van der Waals surface area contributed by atoms with Crippen LogP contribution in [-0.4, -0.2) is 43.0 Å². The Kier molecular flexibility index (Phi) is 7.58. The second kappa shape index (κ2) is 9.46. The van der Waals surface area contributed by atoms with E-state index < -0.39 is 0 Å². The molecule has 4 nitrogen and oxygen atoms in total. The highest BCUT2D eigenvalue weighted by Gasteiger charge is 2.20. The van der Waals surface area contributed by atoms with Crippen molar-refractivity contribution in [2.75, 3.05) is 32.1 Å². The van der Waals surface area contributed by atoms with Crippen LogP contribution in [0.1, 0.15) is 16.9 Å². The van der Waals surface area contributed by atoms with E-state index in [9.17, 15) is 4.79 Å². The SMILES string of the molecule is Cc1cccc2sc(N(CCCN(C)C)C(=O)Cc3cccs3)nc12.Cl. The Labute approximate surface area is 168 Å². The average Bonchev–Trinajstić information content (AvgIpc) is 3.21. The zero-order valence-corrected chi connectivity index (χ0v) is 17.7. The Balaban J connectivity index is 0.00000243. The van der Waals surface area contributed by atoms with Gasteiger partial charge in [0.05, 0.1) is 16.6 Å². The molecule has 0 fully saturated rings. The number of rotatable bonds is 7. The number of fused-ring (bicyclic) bond motifs is 1. The first-order chi connectivity index (χ1) is 12.0. The minimum atomic E-state index is 0. The van der Waals surface area contributed by atoms with E-state index in [4.69, 9.17) is 4.98 Å². The highest BCUT2D eigenvalue weighted by molar-refractivity contribution is 7.22. The van der Waals surface area contributed by atoms with Crippen LogP contribution >= 0.6 is 35.1 Å². The van der Waals surface area contributed by atoms with Crippen LogP contribution in [0.15, 0.2) is 35.7 Å². The van der Waals surface area contributed by atoms with Crippen molar-refractivity contribution < 1.29 is 4.79 Å². The molecule has 0 saturated carbocycles. The Morgan fingerprint density at radius 1 is 1.15 bits per heavy atom. The lowest BCUT2D eigenvalue weighted by Crippen LogP contribution is -2.34. The van der Waals surface area contributed by atoms with E-state index in [2.05, 4.69) is 38.1 Å². The van der Waals surface area contributed by atoms with Crippen LogP contribution < -0.4 is 4.90 Å². The number of carbonyl (C=O) groups excluding carboxylic acids is 1. The third kappa shape index (κ3) is 5.04. The van der Waals surface area contributed by atoms with Crippen molar-refractivity contribution in [3.63, 3.8) is 0 Å². The largest absolute Gasteiger partial charge is 0.309 e. The first-order valence-corrected chi connectivity index (χ1v) is 10.1. The Morgan fingerprint density at radius 2 is 1.96 bits per heavy atom. The van der Waals surface area contributed by atoms with Crippen LogP contribution in [0.2, 0.25) is 0 Å². The van der Waals surface area contributed by atoms with E-state index >= 15 is 0 Å². The normalized spacial score (nSPS) is 10.9. The number of halogens is 1. The second-order valence-corrected chi connectivity index (χ2v) is 8.42. The van der Waals surface area contributed by atoms with Gasteiger partial charge in [-0.25, -0.2) is 4.98 Å². The fourth-order valence-electron chi connectivity index (χ4n) is 2.72. The van der Waals surface area contributed by atoms with Crippen molar-refractivity contribution >= 4 is 56.3 Å². The van der Waals surface area contributed by atoms with E-state index in [0.717, 1.165) is 38.8 Å². The van der Waals surface area contributed by atoms with Gasteiger partial charge in [0.1, 0.15) is 0 Å². The van der Waals surface area contributed by atoms with E-state index in [1.165, 1.54) is 0 Å². The summed E-state index contributed by atoms with van der Waals surface area (Å²) in [6.45, 7) is 3.71. The molecule has 0 aliphatic carbocycles. The van der Waals surface area contributed by atoms with Crippen molar-refractivity contribution in [1.82, 2.24) is 9.88 Å². The molecule has 0 unspecified atom stereocenters. The third-order valence-corrected chi connectivity index (χ3v) is 5.95. The number of amides is 1. The van der Waals surface area contributed by atoms with Gasteiger partial charge in [-0.2, -0.15) is 0 Å². The van der Waals surface area contributed by atoms with E-state index in [1.807, 2.05) is 28.5 Å². The molecule has 26 heavy (non-hydrogen) atoms. The molecule has 2 aromatic heterocycles. The van der Waals surface area contributed by atoms with Gasteiger partial charge in [-0.1, -0.05) is 29.5 Å². The van der Waals surface area contributed by atoms with Gasteiger partial charge in [0.2, 0.25) is 5.91 Å². The van der Waals surface area contributed by atoms with E-state index in [-0.39, 0.29) is 18.3 Å². The molecule has 0 bridgehead atoms. The van der Waals surface area contributed by atoms with Crippen molar-refractivity contribution in [3.8, 4) is 0 Å². The molecule has 1 aromatic carbocycles. The topological polar surface area (TPSA) is 36.4 Å². The van der Waals surface area contributed by atoms with Gasteiger partial charge in [-0.15, -0.1) is 23.7 Å². The lowest BCUT2D eigenvalue weighted by molar-refractivity contribution is -0.118. The standard InChI is InChI=1S/C19H23N3OS2.ClH/c1-14-7-4-9-16-18(14)20-19(25-16)22(11-6-10-21(2)3)17(23)13-15-8-5-12-24-15;/h4-5,7-9,12H,6,10-11,13H2,1-3H3;1H. The predicted molar refractivity (Wildman–Crippen MR) is 115 cm³/mol. The lowest BCUT2D eigenvalue weighted by Gasteiger charge is -2.20. The molecule has 3 aromatic rings. The van der Waals surface area contributed by atoms with Crippen molar-refractivity contribution in [2.24, 2.45) is 0 Å². The molecule has 0 atom stereocenters. The minimum absolute atomic E-state index is 0. The fourth-order valence-corrected chi connectivity index (χ4v) is 4.50. The van der Waals surface area contributed by atoms with Crippen LogP contribution in [-0.2, 0) is 11.2 Å². The zero-order valence-electron chi connectivity index (χ0n) is 15.3. The maximum absolute atomic E-state index is 12.9. The predicted octanol–water partition coefficient (Wildman–Crippen LogP) is 4.62. The number of hydrogen-bond donors (Lipinski definition) is 0.